The molecule has 2 heterocycles. The molecule has 1 amide bonds. The van der Waals surface area contributed by atoms with E-state index in [1.807, 2.05) is 45.0 Å². The number of para-hydroxylation sites is 1. The largest absolute Gasteiger partial charge is 0.378 e. The minimum atomic E-state index is -0.410. The van der Waals surface area contributed by atoms with Crippen LogP contribution in [-0.2, 0) is 9.53 Å². The number of rotatable bonds is 4. The summed E-state index contributed by atoms with van der Waals surface area (Å²) >= 11 is 0. The van der Waals surface area contributed by atoms with E-state index in [9.17, 15) is 4.79 Å². The van der Waals surface area contributed by atoms with E-state index in [1.165, 1.54) is 0 Å². The standard InChI is InChI=1S/C19H25N3O2.2ClH/c1-4-19(2,3)18(23)21-17-13-16(22-9-11-24-12-10-22)14-7-5-6-8-15(14)20-17;;/h5-8,13H,4,9-12H2,1-3H3,(H,20,21,23);2*1H. The highest BCUT2D eigenvalue weighted by Crippen LogP contribution is 2.30. The molecule has 5 nitrogen and oxygen atoms in total. The first-order valence-electron chi connectivity index (χ1n) is 8.55. The number of fused-ring (bicyclic) bond motifs is 1. The maximum absolute atomic E-state index is 12.5. The third-order valence-corrected chi connectivity index (χ3v) is 4.79. The number of amides is 1. The summed E-state index contributed by atoms with van der Waals surface area (Å²) in [6.45, 7) is 9.07. The molecular formula is C19H27Cl2N3O2. The Hall–Kier alpha value is -1.56. The van der Waals surface area contributed by atoms with Crippen molar-refractivity contribution in [2.24, 2.45) is 5.41 Å². The first-order chi connectivity index (χ1) is 11.5. The van der Waals surface area contributed by atoms with Gasteiger partial charge in [0, 0.05) is 35.6 Å². The number of pyridine rings is 1. The highest BCUT2D eigenvalue weighted by Gasteiger charge is 2.26. The number of nitrogens with one attached hydrogen (secondary N) is 1. The Labute approximate surface area is 167 Å². The zero-order valence-electron chi connectivity index (χ0n) is 15.4. The highest BCUT2D eigenvalue weighted by molar-refractivity contribution is 5.98. The molecular weight excluding hydrogens is 373 g/mol. The number of halogens is 2. The number of ether oxygens (including phenoxy) is 1. The highest BCUT2D eigenvalue weighted by atomic mass is 35.5. The van der Waals surface area contributed by atoms with Crippen molar-refractivity contribution in [3.8, 4) is 0 Å². The average molecular weight is 400 g/mol. The van der Waals surface area contributed by atoms with Crippen molar-refractivity contribution in [2.45, 2.75) is 27.2 Å². The van der Waals surface area contributed by atoms with E-state index in [0.29, 0.717) is 5.82 Å². The molecule has 1 aliphatic heterocycles. The first-order valence-corrected chi connectivity index (χ1v) is 8.55. The van der Waals surface area contributed by atoms with Crippen LogP contribution >= 0.6 is 24.8 Å². The SMILES string of the molecule is CCC(C)(C)C(=O)Nc1cc(N2CCOCC2)c2ccccc2n1.Cl.Cl. The van der Waals surface area contributed by atoms with Gasteiger partial charge in [-0.15, -0.1) is 24.8 Å². The van der Waals surface area contributed by atoms with Crippen molar-refractivity contribution in [3.63, 3.8) is 0 Å². The summed E-state index contributed by atoms with van der Waals surface area (Å²) in [6.07, 6.45) is 0.780. The number of carbonyl (C=O) groups excluding carboxylic acids is 1. The van der Waals surface area contributed by atoms with E-state index in [-0.39, 0.29) is 30.7 Å². The van der Waals surface area contributed by atoms with Gasteiger partial charge in [0.15, 0.2) is 0 Å². The number of anilines is 2. The molecule has 1 N–H and O–H groups in total. The lowest BCUT2D eigenvalue weighted by Crippen LogP contribution is -2.36. The fourth-order valence-corrected chi connectivity index (χ4v) is 2.73. The summed E-state index contributed by atoms with van der Waals surface area (Å²) in [4.78, 5) is 19.4. The Morgan fingerprint density at radius 1 is 1.23 bits per heavy atom. The summed E-state index contributed by atoms with van der Waals surface area (Å²) in [5, 5.41) is 4.10. The fraction of sp³-hybridized carbons (Fsp3) is 0.474. The quantitative estimate of drug-likeness (QED) is 0.832. The Morgan fingerprint density at radius 3 is 2.54 bits per heavy atom. The van der Waals surface area contributed by atoms with Crippen LogP contribution in [0.2, 0.25) is 0 Å². The van der Waals surface area contributed by atoms with Gasteiger partial charge in [0.1, 0.15) is 5.82 Å². The van der Waals surface area contributed by atoms with Gasteiger partial charge in [-0.25, -0.2) is 4.98 Å². The van der Waals surface area contributed by atoms with E-state index in [0.717, 1.165) is 49.3 Å². The molecule has 1 aromatic heterocycles. The van der Waals surface area contributed by atoms with Crippen molar-refractivity contribution in [1.29, 1.82) is 0 Å². The normalized spacial score (nSPS) is 14.3. The van der Waals surface area contributed by atoms with Gasteiger partial charge in [0.25, 0.3) is 0 Å². The molecule has 1 saturated heterocycles. The van der Waals surface area contributed by atoms with E-state index in [2.05, 4.69) is 21.3 Å². The lowest BCUT2D eigenvalue weighted by Gasteiger charge is -2.30. The summed E-state index contributed by atoms with van der Waals surface area (Å²) < 4.78 is 5.46. The second-order valence-electron chi connectivity index (χ2n) is 6.83. The van der Waals surface area contributed by atoms with E-state index in [1.54, 1.807) is 0 Å². The van der Waals surface area contributed by atoms with Crippen molar-refractivity contribution in [1.82, 2.24) is 4.98 Å². The third-order valence-electron chi connectivity index (χ3n) is 4.79. The molecule has 0 aliphatic carbocycles. The number of benzene rings is 1. The van der Waals surface area contributed by atoms with E-state index >= 15 is 0 Å². The van der Waals surface area contributed by atoms with Crippen LogP contribution in [0.5, 0.6) is 0 Å². The predicted molar refractivity (Wildman–Crippen MR) is 112 cm³/mol. The van der Waals surface area contributed by atoms with Crippen LogP contribution in [0.15, 0.2) is 30.3 Å². The van der Waals surface area contributed by atoms with E-state index in [4.69, 9.17) is 4.74 Å². The van der Waals surface area contributed by atoms with Gasteiger partial charge in [-0.3, -0.25) is 4.79 Å². The Kier molecular flexibility index (Phi) is 8.13. The van der Waals surface area contributed by atoms with Crippen LogP contribution < -0.4 is 10.2 Å². The monoisotopic (exact) mass is 399 g/mol. The molecule has 0 atom stereocenters. The number of carbonyl (C=O) groups is 1. The Bertz CT molecular complexity index is 747. The lowest BCUT2D eigenvalue weighted by molar-refractivity contribution is -0.124. The van der Waals surface area contributed by atoms with Crippen LogP contribution in [0.3, 0.4) is 0 Å². The zero-order chi connectivity index (χ0) is 17.2. The van der Waals surface area contributed by atoms with Gasteiger partial charge in [0.2, 0.25) is 5.91 Å². The molecule has 26 heavy (non-hydrogen) atoms. The topological polar surface area (TPSA) is 54.5 Å². The minimum absolute atomic E-state index is 0. The van der Waals surface area contributed by atoms with Crippen molar-refractivity contribution >= 4 is 53.1 Å². The van der Waals surface area contributed by atoms with Gasteiger partial charge in [0.05, 0.1) is 18.7 Å². The van der Waals surface area contributed by atoms with Gasteiger partial charge < -0.3 is 15.0 Å². The Morgan fingerprint density at radius 2 is 1.88 bits per heavy atom. The van der Waals surface area contributed by atoms with Gasteiger partial charge in [-0.2, -0.15) is 0 Å². The number of hydrogen-bond donors (Lipinski definition) is 1. The second kappa shape index (κ2) is 9.40. The maximum Gasteiger partial charge on any atom is 0.231 e. The van der Waals surface area contributed by atoms with Gasteiger partial charge >= 0.3 is 0 Å². The molecule has 0 bridgehead atoms. The molecule has 0 saturated carbocycles. The molecule has 1 aliphatic rings. The summed E-state index contributed by atoms with van der Waals surface area (Å²) in [5.74, 6) is 0.613. The molecule has 0 spiro atoms. The molecule has 144 valence electrons. The minimum Gasteiger partial charge on any atom is -0.378 e. The van der Waals surface area contributed by atoms with Gasteiger partial charge in [-0.05, 0) is 12.5 Å². The van der Waals surface area contributed by atoms with Crippen molar-refractivity contribution in [2.75, 3.05) is 36.5 Å². The summed E-state index contributed by atoms with van der Waals surface area (Å²) in [7, 11) is 0. The second-order valence-corrected chi connectivity index (χ2v) is 6.83. The van der Waals surface area contributed by atoms with Crippen molar-refractivity contribution in [3.05, 3.63) is 30.3 Å². The number of morpholine rings is 1. The van der Waals surface area contributed by atoms with Crippen LogP contribution in [0.25, 0.3) is 10.9 Å². The zero-order valence-corrected chi connectivity index (χ0v) is 17.1. The third kappa shape index (κ3) is 4.78. The van der Waals surface area contributed by atoms with Crippen LogP contribution in [0.4, 0.5) is 11.5 Å². The molecule has 1 aromatic carbocycles. The van der Waals surface area contributed by atoms with Crippen molar-refractivity contribution < 1.29 is 9.53 Å². The van der Waals surface area contributed by atoms with Crippen LogP contribution in [0.1, 0.15) is 27.2 Å². The summed E-state index contributed by atoms with van der Waals surface area (Å²) in [5.41, 5.74) is 1.59. The van der Waals surface area contributed by atoms with Gasteiger partial charge in [-0.1, -0.05) is 39.0 Å². The smallest absolute Gasteiger partial charge is 0.231 e. The van der Waals surface area contributed by atoms with E-state index < -0.39 is 5.41 Å². The number of aromatic nitrogens is 1. The van der Waals surface area contributed by atoms with Crippen LogP contribution in [-0.4, -0.2) is 37.2 Å². The molecule has 1 fully saturated rings. The predicted octanol–water partition coefficient (Wildman–Crippen LogP) is 4.29. The molecule has 7 heteroatoms. The average Bonchev–Trinajstić information content (AvgIpc) is 2.61. The summed E-state index contributed by atoms with van der Waals surface area (Å²) in [6, 6.07) is 10.0. The molecule has 3 rings (SSSR count). The number of hydrogen-bond acceptors (Lipinski definition) is 4. The maximum atomic E-state index is 12.5. The first kappa shape index (κ1) is 22.5. The number of nitrogens with zero attached hydrogens (tertiary/aromatic N) is 2. The molecule has 0 radical (unpaired) electrons. The fourth-order valence-electron chi connectivity index (χ4n) is 2.73. The lowest BCUT2D eigenvalue weighted by atomic mass is 9.89. The Balaban J connectivity index is 0.00000169. The molecule has 0 unspecified atom stereocenters. The van der Waals surface area contributed by atoms with Crippen LogP contribution in [0, 0.1) is 5.41 Å². The molecule has 2 aromatic rings.